The molecule has 4 unspecified atom stereocenters. The average Bonchev–Trinajstić information content (AvgIpc) is 3.18. The molecule has 2 saturated heterocycles. The molecule has 338 valence electrons. The largest absolute Gasteiger partial charge is 0.461 e. The van der Waals surface area contributed by atoms with Crippen LogP contribution in [-0.4, -0.2) is 84.3 Å². The van der Waals surface area contributed by atoms with Crippen LogP contribution in [0.4, 0.5) is 0 Å². The number of carbonyl (C=O) groups excluding carboxylic acids is 4. The third kappa shape index (κ3) is 12.1. The lowest BCUT2D eigenvalue weighted by molar-refractivity contribution is -0.168. The van der Waals surface area contributed by atoms with Gasteiger partial charge in [-0.1, -0.05) is 94.2 Å². The highest BCUT2D eigenvalue weighted by atomic mass is 16.6. The van der Waals surface area contributed by atoms with Crippen LogP contribution in [0.1, 0.15) is 172 Å². The topological polar surface area (TPSA) is 112 Å². The van der Waals surface area contributed by atoms with Crippen LogP contribution < -0.4 is 0 Å². The highest BCUT2D eigenvalue weighted by molar-refractivity contribution is 5.82. The Balaban J connectivity index is 1.27. The number of likely N-dealkylation sites (tertiary alicyclic amines) is 2. The van der Waals surface area contributed by atoms with E-state index < -0.39 is 35.0 Å². The van der Waals surface area contributed by atoms with Crippen LogP contribution in [0.15, 0.2) is 47.9 Å². The number of unbranched alkanes of at least 4 members (excludes halogenated alkanes) is 5. The Morgan fingerprint density at radius 2 is 0.883 bits per heavy atom. The first kappa shape index (κ1) is 49.1. The quantitative estimate of drug-likeness (QED) is 0.0539. The van der Waals surface area contributed by atoms with Gasteiger partial charge in [0.05, 0.1) is 0 Å². The smallest absolute Gasteiger partial charge is 0.330 e. The summed E-state index contributed by atoms with van der Waals surface area (Å²) in [5.74, 6) is -1.29. The van der Waals surface area contributed by atoms with Crippen molar-refractivity contribution in [3.8, 4) is 0 Å². The van der Waals surface area contributed by atoms with Crippen LogP contribution in [0, 0.1) is 21.7 Å². The molecule has 2 fully saturated rings. The van der Waals surface area contributed by atoms with Gasteiger partial charge in [-0.3, -0.25) is 9.59 Å². The lowest BCUT2D eigenvalue weighted by atomic mass is 9.60. The van der Waals surface area contributed by atoms with Crippen molar-refractivity contribution in [2.24, 2.45) is 21.7 Å². The minimum atomic E-state index is -0.553. The van der Waals surface area contributed by atoms with Gasteiger partial charge >= 0.3 is 23.9 Å². The Morgan fingerprint density at radius 1 is 0.567 bits per heavy atom. The number of rotatable bonds is 19. The van der Waals surface area contributed by atoms with E-state index in [-0.39, 0.29) is 35.0 Å². The lowest BCUT2D eigenvalue weighted by Crippen LogP contribution is -2.53. The van der Waals surface area contributed by atoms with Gasteiger partial charge in [0.2, 0.25) is 0 Å². The first-order valence-corrected chi connectivity index (χ1v) is 23.2. The van der Waals surface area contributed by atoms with E-state index in [0.717, 1.165) is 114 Å². The van der Waals surface area contributed by atoms with Gasteiger partial charge in [-0.15, -0.1) is 0 Å². The van der Waals surface area contributed by atoms with Gasteiger partial charge in [0.1, 0.15) is 24.4 Å². The van der Waals surface area contributed by atoms with Crippen LogP contribution in [0.25, 0.3) is 0 Å². The van der Waals surface area contributed by atoms with Crippen LogP contribution >= 0.6 is 0 Å². The molecule has 0 amide bonds. The Bertz CT molecular complexity index is 1490. The molecule has 2 aliphatic carbocycles. The Labute approximate surface area is 362 Å². The number of hydrogen-bond donors (Lipinski definition) is 0. The summed E-state index contributed by atoms with van der Waals surface area (Å²) < 4.78 is 24.4. The molecule has 4 rings (SSSR count). The monoisotopic (exact) mass is 837 g/mol. The van der Waals surface area contributed by atoms with Gasteiger partial charge < -0.3 is 28.7 Å². The fourth-order valence-corrected chi connectivity index (χ4v) is 11.4. The first-order valence-electron chi connectivity index (χ1n) is 23.2. The van der Waals surface area contributed by atoms with Crippen molar-refractivity contribution >= 4 is 23.9 Å². The molecule has 0 saturated carbocycles. The highest BCUT2D eigenvalue weighted by Crippen LogP contribution is 2.55. The molecule has 10 nitrogen and oxygen atoms in total. The maximum Gasteiger partial charge on any atom is 0.330 e. The summed E-state index contributed by atoms with van der Waals surface area (Å²) in [5.41, 5.74) is 2.80. The zero-order valence-electron chi connectivity index (χ0n) is 39.2. The van der Waals surface area contributed by atoms with Gasteiger partial charge in [0.25, 0.3) is 0 Å². The van der Waals surface area contributed by atoms with Crippen molar-refractivity contribution < 1.29 is 38.1 Å². The number of hydrogen-bond acceptors (Lipinski definition) is 10. The summed E-state index contributed by atoms with van der Waals surface area (Å²) in [4.78, 5) is 56.4. The first-order chi connectivity index (χ1) is 28.2. The SMILES string of the molecule is C=CC(=O)OC(C)C1=C(N2CCCCC2)CC(C)(C)C(OC(=O)CCCCCCCCC(=O)OC2C(C)(C)CC(N3CCCCC3)=C(C(C)OC(=O)C=C)C2(C)C)C1(C)C. The second kappa shape index (κ2) is 21.0. The maximum absolute atomic E-state index is 13.4. The van der Waals surface area contributed by atoms with E-state index in [9.17, 15) is 19.2 Å². The molecule has 60 heavy (non-hydrogen) atoms. The third-order valence-electron chi connectivity index (χ3n) is 13.7. The third-order valence-corrected chi connectivity index (χ3v) is 13.7. The second-order valence-electron chi connectivity index (χ2n) is 20.5. The normalized spacial score (nSPS) is 24.5. The van der Waals surface area contributed by atoms with E-state index in [4.69, 9.17) is 18.9 Å². The predicted molar refractivity (Wildman–Crippen MR) is 237 cm³/mol. The van der Waals surface area contributed by atoms with Crippen molar-refractivity contribution in [2.75, 3.05) is 26.2 Å². The molecule has 0 N–H and O–H groups in total. The Hall–Kier alpha value is -3.56. The molecule has 2 heterocycles. The van der Waals surface area contributed by atoms with E-state index >= 15 is 0 Å². The Morgan fingerprint density at radius 3 is 1.20 bits per heavy atom. The summed E-state index contributed by atoms with van der Waals surface area (Å²) in [6.45, 7) is 32.2. The summed E-state index contributed by atoms with van der Waals surface area (Å²) >= 11 is 0. The number of allylic oxidation sites excluding steroid dienone is 2. The van der Waals surface area contributed by atoms with Crippen molar-refractivity contribution in [1.29, 1.82) is 0 Å². The zero-order valence-corrected chi connectivity index (χ0v) is 39.2. The number of esters is 4. The highest BCUT2D eigenvalue weighted by Gasteiger charge is 2.54. The minimum Gasteiger partial charge on any atom is -0.461 e. The zero-order chi connectivity index (χ0) is 44.5. The fourth-order valence-electron chi connectivity index (χ4n) is 11.4. The molecule has 4 atom stereocenters. The number of ether oxygens (including phenoxy) is 4. The van der Waals surface area contributed by atoms with E-state index in [1.165, 1.54) is 36.4 Å². The minimum absolute atomic E-state index is 0.191. The van der Waals surface area contributed by atoms with Crippen molar-refractivity contribution in [1.82, 2.24) is 9.80 Å². The fraction of sp³-hybridized carbons (Fsp3) is 0.760. The maximum atomic E-state index is 13.4. The number of carbonyl (C=O) groups is 4. The van der Waals surface area contributed by atoms with Gasteiger partial charge in [0, 0.05) is 84.2 Å². The average molecular weight is 837 g/mol. The van der Waals surface area contributed by atoms with Crippen LogP contribution in [0.5, 0.6) is 0 Å². The van der Waals surface area contributed by atoms with Gasteiger partial charge in [-0.2, -0.15) is 0 Å². The molecule has 0 bridgehead atoms. The van der Waals surface area contributed by atoms with Crippen molar-refractivity contribution in [3.63, 3.8) is 0 Å². The standard InChI is InChI=1S/C50H80N2O8/c1-13-39(53)57-35(3)43-37(51-29-23-19-24-30-51)33-47(5,6)45(49(43,9)10)59-41(55)27-21-17-15-16-18-22-28-42(56)60-46-48(7,8)34-38(52-31-25-20-26-32-52)44(50(46,11)12)36(4)58-40(54)14-2/h13-14,35-36,45-46H,1-2,15-34H2,3-12H3. The molecule has 0 radical (unpaired) electrons. The molecular formula is C50H80N2O8. The summed E-state index contributed by atoms with van der Waals surface area (Å²) in [5, 5.41) is 0. The van der Waals surface area contributed by atoms with E-state index in [2.05, 4.69) is 78.3 Å². The molecule has 4 aliphatic rings. The van der Waals surface area contributed by atoms with Gasteiger partial charge in [-0.05, 0) is 89.2 Å². The van der Waals surface area contributed by atoms with E-state index in [1.807, 2.05) is 13.8 Å². The molecule has 0 aromatic carbocycles. The van der Waals surface area contributed by atoms with E-state index in [1.54, 1.807) is 0 Å². The van der Waals surface area contributed by atoms with Gasteiger partial charge in [0.15, 0.2) is 0 Å². The summed E-state index contributed by atoms with van der Waals surface area (Å²) in [6, 6.07) is 0. The van der Waals surface area contributed by atoms with Crippen molar-refractivity contribution in [3.05, 3.63) is 47.9 Å². The Kier molecular flexibility index (Phi) is 17.2. The molecular weight excluding hydrogens is 757 g/mol. The van der Waals surface area contributed by atoms with Crippen LogP contribution in [0.3, 0.4) is 0 Å². The summed E-state index contributed by atoms with van der Waals surface area (Å²) in [6.07, 6.45) is 15.1. The van der Waals surface area contributed by atoms with Crippen LogP contribution in [-0.2, 0) is 38.1 Å². The second-order valence-corrected chi connectivity index (χ2v) is 20.5. The van der Waals surface area contributed by atoms with Crippen LogP contribution in [0.2, 0.25) is 0 Å². The lowest BCUT2D eigenvalue weighted by Gasteiger charge is -2.53. The molecule has 10 heteroatoms. The molecule has 0 spiro atoms. The van der Waals surface area contributed by atoms with Crippen molar-refractivity contribution in [2.45, 2.75) is 196 Å². The van der Waals surface area contributed by atoms with Gasteiger partial charge in [-0.25, -0.2) is 9.59 Å². The summed E-state index contributed by atoms with van der Waals surface area (Å²) in [7, 11) is 0. The van der Waals surface area contributed by atoms with E-state index in [0.29, 0.717) is 12.8 Å². The molecule has 2 aliphatic heterocycles. The number of piperidine rings is 2. The molecule has 0 aromatic rings. The molecule has 0 aromatic heterocycles. The number of nitrogens with zero attached hydrogens (tertiary/aromatic N) is 2. The predicted octanol–water partition coefficient (Wildman–Crippen LogP) is 10.6.